The molecule has 1 aliphatic heterocycles. The fraction of sp³-hybridized carbons (Fsp3) is 0.846. The van der Waals surface area contributed by atoms with E-state index in [1.807, 2.05) is 0 Å². The molecule has 20 heavy (non-hydrogen) atoms. The van der Waals surface area contributed by atoms with Gasteiger partial charge < -0.3 is 4.52 Å². The van der Waals surface area contributed by atoms with Crippen molar-refractivity contribution in [3.63, 3.8) is 0 Å². The molecule has 114 valence electrons. The van der Waals surface area contributed by atoms with Gasteiger partial charge in [0.15, 0.2) is 15.7 Å². The highest BCUT2D eigenvalue weighted by Gasteiger charge is 2.23. The van der Waals surface area contributed by atoms with Crippen LogP contribution in [0.25, 0.3) is 0 Å². The average Bonchev–Trinajstić information content (AvgIpc) is 2.66. The second-order valence-electron chi connectivity index (χ2n) is 5.99. The molecule has 0 amide bonds. The van der Waals surface area contributed by atoms with Crippen LogP contribution < -0.4 is 0 Å². The lowest BCUT2D eigenvalue weighted by molar-refractivity contribution is 0.163. The highest BCUT2D eigenvalue weighted by Crippen LogP contribution is 2.22. The van der Waals surface area contributed by atoms with Crippen molar-refractivity contribution in [1.29, 1.82) is 0 Å². The number of hydrogen-bond acceptors (Lipinski definition) is 6. The SMILES string of the molecule is C[C@H]1CCC[C@@H](C)N(Cc2nc(CS(C)(=O)=O)no2)C1. The van der Waals surface area contributed by atoms with Crippen LogP contribution in [0.5, 0.6) is 0 Å². The van der Waals surface area contributed by atoms with E-state index in [9.17, 15) is 8.42 Å². The Labute approximate surface area is 120 Å². The summed E-state index contributed by atoms with van der Waals surface area (Å²) in [6.45, 7) is 6.09. The standard InChI is InChI=1S/C13H23N3O3S/c1-10-5-4-6-11(2)16(7-10)8-13-14-12(15-19-13)9-20(3,17)18/h10-11H,4-9H2,1-3H3/t10-,11+/m0/s1. The van der Waals surface area contributed by atoms with Crippen LogP contribution in [0.2, 0.25) is 0 Å². The number of nitrogens with zero attached hydrogens (tertiary/aromatic N) is 3. The molecule has 0 bridgehead atoms. The lowest BCUT2D eigenvalue weighted by atomic mass is 10.1. The number of aromatic nitrogens is 2. The maximum atomic E-state index is 11.2. The number of sulfone groups is 1. The fourth-order valence-corrected chi connectivity index (χ4v) is 3.24. The maximum absolute atomic E-state index is 11.2. The van der Waals surface area contributed by atoms with Crippen LogP contribution in [-0.2, 0) is 22.1 Å². The molecule has 0 aromatic carbocycles. The first-order valence-electron chi connectivity index (χ1n) is 7.06. The summed E-state index contributed by atoms with van der Waals surface area (Å²) in [5.74, 6) is 1.25. The van der Waals surface area contributed by atoms with Gasteiger partial charge in [-0.15, -0.1) is 0 Å². The largest absolute Gasteiger partial charge is 0.338 e. The maximum Gasteiger partial charge on any atom is 0.240 e. The Bertz CT molecular complexity index is 541. The summed E-state index contributed by atoms with van der Waals surface area (Å²) in [6.07, 6.45) is 4.85. The summed E-state index contributed by atoms with van der Waals surface area (Å²) in [6, 6.07) is 0.491. The van der Waals surface area contributed by atoms with E-state index in [0.717, 1.165) is 6.54 Å². The topological polar surface area (TPSA) is 76.3 Å². The van der Waals surface area contributed by atoms with E-state index >= 15 is 0 Å². The first-order chi connectivity index (χ1) is 9.33. The second-order valence-corrected chi connectivity index (χ2v) is 8.13. The van der Waals surface area contributed by atoms with Gasteiger partial charge in [0.2, 0.25) is 5.89 Å². The fourth-order valence-electron chi connectivity index (χ4n) is 2.66. The monoisotopic (exact) mass is 301 g/mol. The molecule has 1 aromatic heterocycles. The molecule has 0 saturated carbocycles. The zero-order chi connectivity index (χ0) is 14.8. The zero-order valence-electron chi connectivity index (χ0n) is 12.4. The highest BCUT2D eigenvalue weighted by molar-refractivity contribution is 7.89. The second kappa shape index (κ2) is 6.22. The highest BCUT2D eigenvalue weighted by atomic mass is 32.2. The molecule has 0 unspecified atom stereocenters. The van der Waals surface area contributed by atoms with Crippen LogP contribution in [0.1, 0.15) is 44.8 Å². The van der Waals surface area contributed by atoms with E-state index in [1.165, 1.54) is 25.5 Å². The van der Waals surface area contributed by atoms with E-state index in [4.69, 9.17) is 4.52 Å². The van der Waals surface area contributed by atoms with Crippen molar-refractivity contribution in [1.82, 2.24) is 15.0 Å². The first kappa shape index (κ1) is 15.4. The third-order valence-corrected chi connectivity index (χ3v) is 4.51. The van der Waals surface area contributed by atoms with Gasteiger partial charge in [-0.3, -0.25) is 4.90 Å². The molecule has 6 nitrogen and oxygen atoms in total. The van der Waals surface area contributed by atoms with E-state index in [-0.39, 0.29) is 11.6 Å². The van der Waals surface area contributed by atoms with Gasteiger partial charge >= 0.3 is 0 Å². The van der Waals surface area contributed by atoms with Crippen molar-refractivity contribution in [3.05, 3.63) is 11.7 Å². The van der Waals surface area contributed by atoms with E-state index in [2.05, 4.69) is 28.9 Å². The van der Waals surface area contributed by atoms with E-state index in [1.54, 1.807) is 0 Å². The Morgan fingerprint density at radius 3 is 2.80 bits per heavy atom. The molecule has 1 fully saturated rings. The molecule has 0 N–H and O–H groups in total. The molecule has 0 spiro atoms. The molecular weight excluding hydrogens is 278 g/mol. The normalized spacial score (nSPS) is 25.6. The summed E-state index contributed by atoms with van der Waals surface area (Å²) >= 11 is 0. The first-order valence-corrected chi connectivity index (χ1v) is 9.13. The van der Waals surface area contributed by atoms with Gasteiger partial charge in [0.25, 0.3) is 0 Å². The number of likely N-dealkylation sites (tertiary alicyclic amines) is 1. The van der Waals surface area contributed by atoms with Gasteiger partial charge in [0.1, 0.15) is 5.75 Å². The third-order valence-electron chi connectivity index (χ3n) is 3.73. The smallest absolute Gasteiger partial charge is 0.240 e. The molecule has 2 heterocycles. The van der Waals surface area contributed by atoms with Crippen LogP contribution >= 0.6 is 0 Å². The Hall–Kier alpha value is -0.950. The van der Waals surface area contributed by atoms with Crippen LogP contribution in [0, 0.1) is 5.92 Å². The Morgan fingerprint density at radius 2 is 2.10 bits per heavy atom. The Kier molecular flexibility index (Phi) is 4.80. The third kappa shape index (κ3) is 4.56. The minimum atomic E-state index is -3.12. The lowest BCUT2D eigenvalue weighted by Gasteiger charge is -2.26. The van der Waals surface area contributed by atoms with Crippen LogP contribution in [0.15, 0.2) is 4.52 Å². The molecule has 2 rings (SSSR count). The summed E-state index contributed by atoms with van der Waals surface area (Å²) < 4.78 is 27.6. The molecule has 7 heteroatoms. The van der Waals surface area contributed by atoms with Crippen LogP contribution in [0.3, 0.4) is 0 Å². The molecule has 2 atom stereocenters. The molecule has 1 saturated heterocycles. The molecule has 0 aliphatic carbocycles. The van der Waals surface area contributed by atoms with Crippen LogP contribution in [0.4, 0.5) is 0 Å². The molecule has 1 aromatic rings. The summed E-state index contributed by atoms with van der Waals surface area (Å²) in [4.78, 5) is 6.52. The minimum absolute atomic E-state index is 0.164. The molecule has 1 aliphatic rings. The van der Waals surface area contributed by atoms with Gasteiger partial charge in [-0.2, -0.15) is 4.98 Å². The van der Waals surface area contributed by atoms with Crippen molar-refractivity contribution in [2.45, 2.75) is 51.4 Å². The summed E-state index contributed by atoms with van der Waals surface area (Å²) in [7, 11) is -3.12. The number of hydrogen-bond donors (Lipinski definition) is 0. The molecule has 0 radical (unpaired) electrons. The predicted octanol–water partition coefficient (Wildman–Crippen LogP) is 1.62. The van der Waals surface area contributed by atoms with E-state index < -0.39 is 9.84 Å². The Morgan fingerprint density at radius 1 is 1.35 bits per heavy atom. The summed E-state index contributed by atoms with van der Waals surface area (Å²) in [5.41, 5.74) is 0. The van der Waals surface area contributed by atoms with Gasteiger partial charge in [0.05, 0.1) is 6.54 Å². The average molecular weight is 301 g/mol. The van der Waals surface area contributed by atoms with E-state index in [0.29, 0.717) is 24.4 Å². The van der Waals surface area contributed by atoms with Crippen molar-refractivity contribution < 1.29 is 12.9 Å². The lowest BCUT2D eigenvalue weighted by Crippen LogP contribution is -2.34. The van der Waals surface area contributed by atoms with Gasteiger partial charge in [-0.1, -0.05) is 18.5 Å². The van der Waals surface area contributed by atoms with Crippen molar-refractivity contribution in [3.8, 4) is 0 Å². The van der Waals surface area contributed by atoms with Crippen molar-refractivity contribution in [2.24, 2.45) is 5.92 Å². The predicted molar refractivity (Wildman–Crippen MR) is 75.7 cm³/mol. The minimum Gasteiger partial charge on any atom is -0.338 e. The summed E-state index contributed by atoms with van der Waals surface area (Å²) in [5, 5.41) is 3.74. The van der Waals surface area contributed by atoms with Gasteiger partial charge in [-0.25, -0.2) is 8.42 Å². The zero-order valence-corrected chi connectivity index (χ0v) is 13.2. The van der Waals surface area contributed by atoms with Crippen molar-refractivity contribution in [2.75, 3.05) is 12.8 Å². The quantitative estimate of drug-likeness (QED) is 0.841. The Balaban J connectivity index is 2.01. The number of rotatable bonds is 4. The van der Waals surface area contributed by atoms with Gasteiger partial charge in [-0.05, 0) is 25.7 Å². The van der Waals surface area contributed by atoms with Gasteiger partial charge in [0, 0.05) is 18.8 Å². The molecular formula is C13H23N3O3S. The van der Waals surface area contributed by atoms with Crippen LogP contribution in [-0.4, -0.2) is 42.3 Å². The van der Waals surface area contributed by atoms with Crippen molar-refractivity contribution >= 4 is 9.84 Å².